The summed E-state index contributed by atoms with van der Waals surface area (Å²) in [6, 6.07) is 0. The Labute approximate surface area is 87.1 Å². The third-order valence-electron chi connectivity index (χ3n) is 2.05. The van der Waals surface area contributed by atoms with Crippen molar-refractivity contribution in [1.82, 2.24) is 9.78 Å². The molecule has 4 N–H and O–H groups in total. The van der Waals surface area contributed by atoms with Gasteiger partial charge in [-0.25, -0.2) is 0 Å². The Hall–Kier alpha value is -0.780. The number of rotatable bonds is 4. The lowest BCUT2D eigenvalue weighted by Crippen LogP contribution is -2.31. The number of aliphatic hydroxyl groups is 2. The molecule has 1 aromatic heterocycles. The van der Waals surface area contributed by atoms with Crippen molar-refractivity contribution in [2.24, 2.45) is 5.41 Å². The van der Waals surface area contributed by atoms with Crippen molar-refractivity contribution < 1.29 is 10.2 Å². The van der Waals surface area contributed by atoms with E-state index in [0.717, 1.165) is 0 Å². The van der Waals surface area contributed by atoms with Gasteiger partial charge in [0.1, 0.15) is 5.02 Å². The zero-order chi connectivity index (χ0) is 10.8. The summed E-state index contributed by atoms with van der Waals surface area (Å²) in [5, 5.41) is 22.4. The van der Waals surface area contributed by atoms with E-state index >= 15 is 0 Å². The number of halogens is 1. The van der Waals surface area contributed by atoms with Crippen LogP contribution in [0.2, 0.25) is 5.02 Å². The number of aromatic nitrogens is 2. The first-order valence-corrected chi connectivity index (χ1v) is 4.59. The molecule has 80 valence electrons. The number of nitrogens with two attached hydrogens (primary N) is 1. The van der Waals surface area contributed by atoms with Gasteiger partial charge in [-0.15, -0.1) is 0 Å². The van der Waals surface area contributed by atoms with Crippen molar-refractivity contribution >= 4 is 17.4 Å². The van der Waals surface area contributed by atoms with Crippen LogP contribution in [0.3, 0.4) is 0 Å². The first kappa shape index (κ1) is 11.3. The normalized spacial score (nSPS) is 12.0. The lowest BCUT2D eigenvalue weighted by atomic mass is 9.93. The summed E-state index contributed by atoms with van der Waals surface area (Å²) in [7, 11) is 0. The van der Waals surface area contributed by atoms with E-state index in [-0.39, 0.29) is 19.0 Å². The van der Waals surface area contributed by atoms with Crippen LogP contribution in [-0.4, -0.2) is 33.2 Å². The zero-order valence-corrected chi connectivity index (χ0v) is 8.70. The molecule has 0 atom stereocenters. The molecule has 0 aliphatic carbocycles. The second-order valence-corrected chi connectivity index (χ2v) is 4.09. The summed E-state index contributed by atoms with van der Waals surface area (Å²) >= 11 is 5.71. The fourth-order valence-corrected chi connectivity index (χ4v) is 1.18. The van der Waals surface area contributed by atoms with E-state index in [9.17, 15) is 0 Å². The smallest absolute Gasteiger partial charge is 0.164 e. The molecular weight excluding hydrogens is 206 g/mol. The molecule has 0 fully saturated rings. The molecular formula is C8H14ClN3O2. The van der Waals surface area contributed by atoms with E-state index in [2.05, 4.69) is 5.10 Å². The van der Waals surface area contributed by atoms with Gasteiger partial charge >= 0.3 is 0 Å². The molecule has 1 aromatic rings. The molecule has 5 nitrogen and oxygen atoms in total. The molecule has 0 radical (unpaired) electrons. The van der Waals surface area contributed by atoms with Gasteiger partial charge in [-0.2, -0.15) is 5.10 Å². The summed E-state index contributed by atoms with van der Waals surface area (Å²) in [6.07, 6.45) is 1.57. The van der Waals surface area contributed by atoms with Crippen molar-refractivity contribution in [2.75, 3.05) is 18.9 Å². The monoisotopic (exact) mass is 219 g/mol. The topological polar surface area (TPSA) is 84.3 Å². The molecule has 0 aliphatic rings. The van der Waals surface area contributed by atoms with Crippen LogP contribution in [0.25, 0.3) is 0 Å². The lowest BCUT2D eigenvalue weighted by molar-refractivity contribution is 0.0525. The Morgan fingerprint density at radius 2 is 2.14 bits per heavy atom. The van der Waals surface area contributed by atoms with Gasteiger partial charge in [-0.1, -0.05) is 18.5 Å². The first-order valence-electron chi connectivity index (χ1n) is 4.21. The van der Waals surface area contributed by atoms with E-state index in [1.807, 2.05) is 0 Å². The molecule has 0 amide bonds. The minimum absolute atomic E-state index is 0.124. The highest BCUT2D eigenvalue weighted by molar-refractivity contribution is 6.32. The van der Waals surface area contributed by atoms with Gasteiger partial charge in [0.05, 0.1) is 19.8 Å². The van der Waals surface area contributed by atoms with Gasteiger partial charge in [0.2, 0.25) is 0 Å². The highest BCUT2D eigenvalue weighted by Crippen LogP contribution is 2.21. The van der Waals surface area contributed by atoms with E-state index < -0.39 is 5.41 Å². The maximum absolute atomic E-state index is 9.06. The van der Waals surface area contributed by atoms with Crippen LogP contribution in [0.5, 0.6) is 0 Å². The van der Waals surface area contributed by atoms with Crippen LogP contribution in [0.15, 0.2) is 6.20 Å². The van der Waals surface area contributed by atoms with Crippen LogP contribution < -0.4 is 5.73 Å². The molecule has 0 bridgehead atoms. The third-order valence-corrected chi connectivity index (χ3v) is 2.34. The molecule has 0 saturated carbocycles. The summed E-state index contributed by atoms with van der Waals surface area (Å²) < 4.78 is 1.52. The Balaban J connectivity index is 2.77. The molecule has 1 heterocycles. The third kappa shape index (κ3) is 2.37. The van der Waals surface area contributed by atoms with Crippen molar-refractivity contribution in [3.8, 4) is 0 Å². The average Bonchev–Trinajstić information content (AvgIpc) is 2.45. The number of nitrogens with zero attached hydrogens (tertiary/aromatic N) is 2. The van der Waals surface area contributed by atoms with Gasteiger partial charge in [0, 0.05) is 11.6 Å². The van der Waals surface area contributed by atoms with E-state index in [1.165, 1.54) is 4.68 Å². The van der Waals surface area contributed by atoms with Crippen molar-refractivity contribution in [3.63, 3.8) is 0 Å². The Morgan fingerprint density at radius 3 is 2.50 bits per heavy atom. The number of aliphatic hydroxyl groups excluding tert-OH is 2. The molecule has 0 aromatic carbocycles. The summed E-state index contributed by atoms with van der Waals surface area (Å²) in [4.78, 5) is 0. The second-order valence-electron chi connectivity index (χ2n) is 3.69. The van der Waals surface area contributed by atoms with Gasteiger partial charge < -0.3 is 15.9 Å². The van der Waals surface area contributed by atoms with Crippen LogP contribution in [0.1, 0.15) is 6.92 Å². The molecule has 0 aliphatic heterocycles. The van der Waals surface area contributed by atoms with Crippen molar-refractivity contribution in [3.05, 3.63) is 11.2 Å². The predicted octanol–water partition coefficient (Wildman–Crippen LogP) is 0.110. The maximum Gasteiger partial charge on any atom is 0.164 e. The first-order chi connectivity index (χ1) is 6.50. The van der Waals surface area contributed by atoms with Gasteiger partial charge in [0.25, 0.3) is 0 Å². The minimum atomic E-state index is -0.609. The van der Waals surface area contributed by atoms with E-state index in [4.69, 9.17) is 27.5 Å². The Kier molecular flexibility index (Phi) is 3.36. The molecule has 6 heteroatoms. The lowest BCUT2D eigenvalue weighted by Gasteiger charge is -2.23. The minimum Gasteiger partial charge on any atom is -0.396 e. The van der Waals surface area contributed by atoms with E-state index in [0.29, 0.717) is 11.6 Å². The number of hydrogen-bond acceptors (Lipinski definition) is 4. The van der Waals surface area contributed by atoms with Gasteiger partial charge in [-0.3, -0.25) is 4.68 Å². The standard InChI is InChI=1S/C8H14ClN3O2/c1-8(4-13,5-14)3-12-2-6(9)7(10)11-12/h2,13-14H,3-5H2,1H3,(H2,10,11). The number of nitrogen functional groups attached to an aromatic ring is 1. The summed E-state index contributed by atoms with van der Waals surface area (Å²) in [6.45, 7) is 1.87. The molecule has 0 unspecified atom stereocenters. The predicted molar refractivity (Wildman–Crippen MR) is 53.9 cm³/mol. The fourth-order valence-electron chi connectivity index (χ4n) is 1.03. The SMILES string of the molecule is CC(CO)(CO)Cn1cc(Cl)c(N)n1. The highest BCUT2D eigenvalue weighted by atomic mass is 35.5. The average molecular weight is 220 g/mol. The van der Waals surface area contributed by atoms with Crippen LogP contribution >= 0.6 is 11.6 Å². The quantitative estimate of drug-likeness (QED) is 0.671. The molecule has 14 heavy (non-hydrogen) atoms. The van der Waals surface area contributed by atoms with Crippen LogP contribution in [0.4, 0.5) is 5.82 Å². The van der Waals surface area contributed by atoms with Gasteiger partial charge in [-0.05, 0) is 0 Å². The zero-order valence-electron chi connectivity index (χ0n) is 7.94. The maximum atomic E-state index is 9.06. The van der Waals surface area contributed by atoms with Crippen LogP contribution in [-0.2, 0) is 6.54 Å². The number of hydrogen-bond donors (Lipinski definition) is 3. The Bertz CT molecular complexity index is 290. The highest BCUT2D eigenvalue weighted by Gasteiger charge is 2.23. The Morgan fingerprint density at radius 1 is 1.57 bits per heavy atom. The summed E-state index contributed by atoms with van der Waals surface area (Å²) in [5.41, 5.74) is 4.84. The second kappa shape index (κ2) is 4.16. The van der Waals surface area contributed by atoms with Crippen molar-refractivity contribution in [2.45, 2.75) is 13.5 Å². The van der Waals surface area contributed by atoms with Gasteiger partial charge in [0.15, 0.2) is 5.82 Å². The van der Waals surface area contributed by atoms with Crippen LogP contribution in [0, 0.1) is 5.41 Å². The fraction of sp³-hybridized carbons (Fsp3) is 0.625. The summed E-state index contributed by atoms with van der Waals surface area (Å²) in [5.74, 6) is 0.255. The number of anilines is 1. The van der Waals surface area contributed by atoms with Crippen molar-refractivity contribution in [1.29, 1.82) is 0 Å². The molecule has 0 spiro atoms. The molecule has 1 rings (SSSR count). The molecule has 0 saturated heterocycles. The largest absolute Gasteiger partial charge is 0.396 e. The van der Waals surface area contributed by atoms with E-state index in [1.54, 1.807) is 13.1 Å².